The van der Waals surface area contributed by atoms with Gasteiger partial charge in [-0.3, -0.25) is 0 Å². The second-order valence-electron chi connectivity index (χ2n) is 4.41. The van der Waals surface area contributed by atoms with Crippen LogP contribution in [0.5, 0.6) is 0 Å². The van der Waals surface area contributed by atoms with E-state index >= 15 is 0 Å². The molecule has 0 atom stereocenters. The molecular formula is C13H15BrN2. The van der Waals surface area contributed by atoms with Crippen molar-refractivity contribution in [2.45, 2.75) is 19.3 Å². The van der Waals surface area contributed by atoms with Crippen molar-refractivity contribution in [2.75, 3.05) is 13.1 Å². The summed E-state index contributed by atoms with van der Waals surface area (Å²) in [6, 6.07) is 10.7. The molecule has 1 aliphatic carbocycles. The second kappa shape index (κ2) is 4.99. The Balaban J connectivity index is 1.73. The monoisotopic (exact) mass is 278 g/mol. The van der Waals surface area contributed by atoms with E-state index < -0.39 is 0 Å². The Labute approximate surface area is 105 Å². The van der Waals surface area contributed by atoms with E-state index in [1.54, 1.807) is 0 Å². The van der Waals surface area contributed by atoms with E-state index in [1.807, 2.05) is 6.07 Å². The summed E-state index contributed by atoms with van der Waals surface area (Å²) >= 11 is 3.53. The van der Waals surface area contributed by atoms with Crippen molar-refractivity contribution >= 4 is 15.9 Å². The molecule has 0 bridgehead atoms. The molecule has 3 heteroatoms. The lowest BCUT2D eigenvalue weighted by molar-refractivity contribution is 0.560. The molecular weight excluding hydrogens is 264 g/mol. The number of benzene rings is 1. The number of halogens is 1. The summed E-state index contributed by atoms with van der Waals surface area (Å²) in [5.74, 6) is 0. The molecule has 0 aliphatic heterocycles. The van der Waals surface area contributed by atoms with Crippen LogP contribution in [0.4, 0.5) is 0 Å². The Hall–Kier alpha value is -0.850. The minimum atomic E-state index is -0.0338. The number of hydrogen-bond acceptors (Lipinski definition) is 2. The van der Waals surface area contributed by atoms with E-state index in [2.05, 4.69) is 45.5 Å². The van der Waals surface area contributed by atoms with E-state index in [9.17, 15) is 0 Å². The summed E-state index contributed by atoms with van der Waals surface area (Å²) < 4.78 is 1.17. The van der Waals surface area contributed by atoms with Gasteiger partial charge in [-0.2, -0.15) is 5.26 Å². The molecule has 2 rings (SSSR count). The lowest BCUT2D eigenvalue weighted by atomic mass is 10.1. The molecule has 1 N–H and O–H groups in total. The number of nitriles is 1. The molecule has 2 nitrogen and oxygen atoms in total. The smallest absolute Gasteiger partial charge is 0.0703 e. The molecule has 1 saturated carbocycles. The highest BCUT2D eigenvalue weighted by molar-refractivity contribution is 9.10. The van der Waals surface area contributed by atoms with Crippen LogP contribution in [0.15, 0.2) is 28.7 Å². The zero-order chi connectivity index (χ0) is 11.4. The van der Waals surface area contributed by atoms with Crippen LogP contribution in [0.3, 0.4) is 0 Å². The Morgan fingerprint density at radius 3 is 2.75 bits per heavy atom. The molecule has 0 unspecified atom stereocenters. The predicted octanol–water partition coefficient (Wildman–Crippen LogP) is 2.88. The summed E-state index contributed by atoms with van der Waals surface area (Å²) in [5, 5.41) is 12.3. The molecule has 1 fully saturated rings. The maximum atomic E-state index is 8.92. The molecule has 1 aromatic rings. The molecule has 0 aromatic heterocycles. The van der Waals surface area contributed by atoms with Crippen LogP contribution >= 0.6 is 15.9 Å². The van der Waals surface area contributed by atoms with Crippen molar-refractivity contribution in [3.05, 3.63) is 34.3 Å². The first-order valence-corrected chi connectivity index (χ1v) is 6.40. The Bertz CT molecular complexity index is 405. The predicted molar refractivity (Wildman–Crippen MR) is 68.0 cm³/mol. The Kier molecular flexibility index (Phi) is 3.63. The van der Waals surface area contributed by atoms with Gasteiger partial charge >= 0.3 is 0 Å². The van der Waals surface area contributed by atoms with Crippen LogP contribution in [0.25, 0.3) is 0 Å². The van der Waals surface area contributed by atoms with Gasteiger partial charge in [0.05, 0.1) is 11.5 Å². The van der Waals surface area contributed by atoms with Gasteiger partial charge < -0.3 is 5.32 Å². The fourth-order valence-electron chi connectivity index (χ4n) is 1.73. The number of nitrogens with zero attached hydrogens (tertiary/aromatic N) is 1. The Morgan fingerprint density at radius 2 is 2.12 bits per heavy atom. The molecule has 1 aliphatic rings. The summed E-state index contributed by atoms with van der Waals surface area (Å²) in [6.07, 6.45) is 3.12. The highest BCUT2D eigenvalue weighted by atomic mass is 79.9. The number of rotatable bonds is 5. The fourth-order valence-corrected chi connectivity index (χ4v) is 2.21. The maximum absolute atomic E-state index is 8.92. The zero-order valence-corrected chi connectivity index (χ0v) is 10.8. The third-order valence-electron chi connectivity index (χ3n) is 3.08. The third kappa shape index (κ3) is 2.84. The number of nitrogens with one attached hydrogen (secondary N) is 1. The molecule has 0 spiro atoms. The fraction of sp³-hybridized carbons (Fsp3) is 0.462. The maximum Gasteiger partial charge on any atom is 0.0703 e. The molecule has 0 radical (unpaired) electrons. The zero-order valence-electron chi connectivity index (χ0n) is 9.17. The third-order valence-corrected chi connectivity index (χ3v) is 3.86. The van der Waals surface area contributed by atoms with Crippen LogP contribution in [-0.4, -0.2) is 13.1 Å². The Morgan fingerprint density at radius 1 is 1.38 bits per heavy atom. The minimum Gasteiger partial charge on any atom is -0.315 e. The minimum absolute atomic E-state index is 0.0338. The average molecular weight is 279 g/mol. The summed E-state index contributed by atoms with van der Waals surface area (Å²) in [4.78, 5) is 0. The van der Waals surface area contributed by atoms with Crippen molar-refractivity contribution < 1.29 is 0 Å². The van der Waals surface area contributed by atoms with Gasteiger partial charge in [0.1, 0.15) is 0 Å². The van der Waals surface area contributed by atoms with Gasteiger partial charge in [-0.25, -0.2) is 0 Å². The standard InChI is InChI=1S/C13H15BrN2/c14-12-4-2-1-3-11(12)5-8-16-10-13(9-15)6-7-13/h1-4,16H,5-8,10H2. The van der Waals surface area contributed by atoms with Gasteiger partial charge in [0.15, 0.2) is 0 Å². The van der Waals surface area contributed by atoms with Gasteiger partial charge in [0.2, 0.25) is 0 Å². The first kappa shape index (κ1) is 11.6. The normalized spacial score (nSPS) is 16.8. The summed E-state index contributed by atoms with van der Waals surface area (Å²) in [7, 11) is 0. The van der Waals surface area contributed by atoms with Crippen molar-refractivity contribution in [1.82, 2.24) is 5.32 Å². The highest BCUT2D eigenvalue weighted by Crippen LogP contribution is 2.43. The van der Waals surface area contributed by atoms with Crippen LogP contribution in [0.2, 0.25) is 0 Å². The van der Waals surface area contributed by atoms with E-state index in [0.29, 0.717) is 0 Å². The van der Waals surface area contributed by atoms with E-state index in [0.717, 1.165) is 32.4 Å². The molecule has 0 saturated heterocycles. The quantitative estimate of drug-likeness (QED) is 0.841. The molecule has 0 heterocycles. The van der Waals surface area contributed by atoms with E-state index in [1.165, 1.54) is 10.0 Å². The summed E-state index contributed by atoms with van der Waals surface area (Å²) in [6.45, 7) is 1.78. The topological polar surface area (TPSA) is 35.8 Å². The highest BCUT2D eigenvalue weighted by Gasteiger charge is 2.42. The molecule has 1 aromatic carbocycles. The lowest BCUT2D eigenvalue weighted by Gasteiger charge is -2.08. The van der Waals surface area contributed by atoms with Crippen LogP contribution in [-0.2, 0) is 6.42 Å². The van der Waals surface area contributed by atoms with Crippen LogP contribution in [0.1, 0.15) is 18.4 Å². The average Bonchev–Trinajstić information content (AvgIpc) is 3.07. The first-order chi connectivity index (χ1) is 7.76. The van der Waals surface area contributed by atoms with Crippen molar-refractivity contribution in [2.24, 2.45) is 5.41 Å². The van der Waals surface area contributed by atoms with Gasteiger partial charge in [0.25, 0.3) is 0 Å². The largest absolute Gasteiger partial charge is 0.315 e. The first-order valence-electron chi connectivity index (χ1n) is 5.61. The molecule has 16 heavy (non-hydrogen) atoms. The SMILES string of the molecule is N#CC1(CNCCc2ccccc2Br)CC1. The number of hydrogen-bond donors (Lipinski definition) is 1. The van der Waals surface area contributed by atoms with E-state index in [-0.39, 0.29) is 5.41 Å². The van der Waals surface area contributed by atoms with Crippen molar-refractivity contribution in [3.63, 3.8) is 0 Å². The summed E-state index contributed by atoms with van der Waals surface area (Å²) in [5.41, 5.74) is 1.28. The second-order valence-corrected chi connectivity index (χ2v) is 5.26. The van der Waals surface area contributed by atoms with Gasteiger partial charge in [0, 0.05) is 11.0 Å². The molecule has 0 amide bonds. The van der Waals surface area contributed by atoms with Crippen molar-refractivity contribution in [1.29, 1.82) is 5.26 Å². The van der Waals surface area contributed by atoms with E-state index in [4.69, 9.17) is 5.26 Å². The molecule has 84 valence electrons. The van der Waals surface area contributed by atoms with Gasteiger partial charge in [-0.1, -0.05) is 34.1 Å². The van der Waals surface area contributed by atoms with Crippen LogP contribution in [0, 0.1) is 16.7 Å². The lowest BCUT2D eigenvalue weighted by Crippen LogP contribution is -2.25. The van der Waals surface area contributed by atoms with Crippen molar-refractivity contribution in [3.8, 4) is 6.07 Å². The van der Waals surface area contributed by atoms with Crippen LogP contribution < -0.4 is 5.32 Å². The van der Waals surface area contributed by atoms with Gasteiger partial charge in [-0.15, -0.1) is 0 Å². The van der Waals surface area contributed by atoms with Gasteiger partial charge in [-0.05, 0) is 37.4 Å².